The summed E-state index contributed by atoms with van der Waals surface area (Å²) >= 11 is 0. The topological polar surface area (TPSA) is 110 Å². The molecule has 2 heterocycles. The third-order valence-electron chi connectivity index (χ3n) is 12.1. The van der Waals surface area contributed by atoms with Crippen LogP contribution in [-0.4, -0.2) is 66.5 Å². The molecule has 0 amide bonds. The minimum Gasteiger partial charge on any atom is -0.497 e. The summed E-state index contributed by atoms with van der Waals surface area (Å²) in [6.07, 6.45) is -0.630. The number of benzene rings is 2. The first-order valence-electron chi connectivity index (χ1n) is 19.1. The van der Waals surface area contributed by atoms with Crippen LogP contribution in [0.5, 0.6) is 17.2 Å². The van der Waals surface area contributed by atoms with Crippen molar-refractivity contribution in [3.63, 3.8) is 0 Å². The molecule has 0 aliphatic carbocycles. The van der Waals surface area contributed by atoms with Crippen molar-refractivity contribution in [2.45, 2.75) is 148 Å². The van der Waals surface area contributed by atoms with Gasteiger partial charge in [0.15, 0.2) is 31.2 Å². The van der Waals surface area contributed by atoms with Crippen molar-refractivity contribution in [2.24, 2.45) is 0 Å². The molecule has 0 unspecified atom stereocenters. The number of nitrogens with zero attached hydrogens (tertiary/aromatic N) is 1. The lowest BCUT2D eigenvalue weighted by Gasteiger charge is -2.44. The summed E-state index contributed by atoms with van der Waals surface area (Å²) in [7, 11) is -5.42. The van der Waals surface area contributed by atoms with Gasteiger partial charge in [0.1, 0.15) is 35.6 Å². The first kappa shape index (κ1) is 43.9. The van der Waals surface area contributed by atoms with Gasteiger partial charge < -0.3 is 27.5 Å². The standard InChI is InChI=1S/C41H66N2O8Si3/c1-39(2,3)52(11,12)47-27-33-34(50-53(13,14)40(4,5)6)35(51-54(15,16)41(7,8)9)37(49-33)43-26-29(36(44)42-38(43)45)24-28-18-17-19-32(25-28)48-31-22-20-30(46-10)21-23-31/h17-23,25-26,33-35,37H,24,27H2,1-16H3,(H,42,44,45)/t33-,34-,35-,37-/m1/s1. The van der Waals surface area contributed by atoms with E-state index in [9.17, 15) is 9.59 Å². The van der Waals surface area contributed by atoms with Gasteiger partial charge in [-0.3, -0.25) is 14.3 Å². The molecule has 10 nitrogen and oxygen atoms in total. The first-order chi connectivity index (χ1) is 24.7. The molecule has 1 aliphatic heterocycles. The fourth-order valence-corrected chi connectivity index (χ4v) is 9.05. The molecule has 0 spiro atoms. The Kier molecular flexibility index (Phi) is 13.0. The van der Waals surface area contributed by atoms with Crippen LogP contribution < -0.4 is 20.7 Å². The Hall–Kier alpha value is -2.79. The van der Waals surface area contributed by atoms with Crippen molar-refractivity contribution in [3.8, 4) is 17.2 Å². The first-order valence-corrected chi connectivity index (χ1v) is 27.8. The average Bonchev–Trinajstić information content (AvgIpc) is 3.35. The molecule has 1 aliphatic rings. The van der Waals surface area contributed by atoms with E-state index in [0.29, 0.717) is 23.7 Å². The van der Waals surface area contributed by atoms with Gasteiger partial charge in [0.2, 0.25) is 0 Å². The lowest BCUT2D eigenvalue weighted by molar-refractivity contribution is -0.0511. The molecular weight excluding hydrogens is 733 g/mol. The SMILES string of the molecule is COc1ccc(Oc2cccc(Cc3cn([C@@H]4O[C@H](CO[Si](C)(C)C(C)(C)C)[C@@H](O[Si](C)(C)C(C)(C)C)[C@H]4O[Si](C)(C)C(C)(C)C)c(=O)[nH]c3=O)c2)cc1. The van der Waals surface area contributed by atoms with Gasteiger partial charge in [-0.15, -0.1) is 0 Å². The van der Waals surface area contributed by atoms with Crippen molar-refractivity contribution in [1.82, 2.24) is 9.55 Å². The molecular formula is C41H66N2O8Si3. The van der Waals surface area contributed by atoms with Crippen LogP contribution in [0, 0.1) is 0 Å². The van der Waals surface area contributed by atoms with E-state index in [0.717, 1.165) is 11.3 Å². The van der Waals surface area contributed by atoms with Crippen LogP contribution in [0.4, 0.5) is 0 Å². The molecule has 0 saturated carbocycles. The fraction of sp³-hybridized carbons (Fsp3) is 0.610. The van der Waals surface area contributed by atoms with E-state index in [-0.39, 0.29) is 21.5 Å². The molecule has 54 heavy (non-hydrogen) atoms. The van der Waals surface area contributed by atoms with E-state index in [4.69, 9.17) is 27.5 Å². The number of aromatic nitrogens is 2. The third-order valence-corrected chi connectivity index (χ3v) is 25.5. The number of rotatable bonds is 13. The second-order valence-corrected chi connectivity index (χ2v) is 33.6. The Morgan fingerprint density at radius 2 is 1.26 bits per heavy atom. The molecule has 13 heteroatoms. The molecule has 2 aromatic carbocycles. The number of nitrogens with one attached hydrogen (secondary N) is 1. The van der Waals surface area contributed by atoms with Crippen LogP contribution >= 0.6 is 0 Å². The number of hydrogen-bond acceptors (Lipinski definition) is 8. The molecule has 1 aromatic heterocycles. The van der Waals surface area contributed by atoms with E-state index in [1.165, 1.54) is 4.57 Å². The molecule has 1 fully saturated rings. The van der Waals surface area contributed by atoms with Crippen LogP contribution in [0.25, 0.3) is 0 Å². The summed E-state index contributed by atoms with van der Waals surface area (Å²) in [5.41, 5.74) is 0.238. The summed E-state index contributed by atoms with van der Waals surface area (Å²) in [5, 5.41) is -0.237. The zero-order chi connectivity index (χ0) is 40.7. The lowest BCUT2D eigenvalue weighted by Crippen LogP contribution is -2.55. The molecule has 4 atom stereocenters. The number of ether oxygens (including phenoxy) is 3. The minimum absolute atomic E-state index is 0.0143. The van der Waals surface area contributed by atoms with E-state index < -0.39 is 60.7 Å². The molecule has 0 bridgehead atoms. The van der Waals surface area contributed by atoms with Crippen LogP contribution in [0.15, 0.2) is 64.3 Å². The summed E-state index contributed by atoms with van der Waals surface area (Å²) in [6.45, 7) is 33.5. The Morgan fingerprint density at radius 1 is 0.722 bits per heavy atom. The normalized spacial score (nSPS) is 20.3. The number of hydrogen-bond donors (Lipinski definition) is 1. The summed E-state index contributed by atoms with van der Waals surface area (Å²) in [4.78, 5) is 29.8. The Labute approximate surface area is 326 Å². The molecule has 3 aromatic rings. The van der Waals surface area contributed by atoms with Gasteiger partial charge in [-0.1, -0.05) is 74.4 Å². The van der Waals surface area contributed by atoms with Gasteiger partial charge in [-0.05, 0) is 96.4 Å². The van der Waals surface area contributed by atoms with E-state index in [1.54, 1.807) is 13.3 Å². The lowest BCUT2D eigenvalue weighted by atomic mass is 10.1. The average molecular weight is 799 g/mol. The van der Waals surface area contributed by atoms with E-state index in [1.807, 2.05) is 48.5 Å². The maximum absolute atomic E-state index is 13.8. The van der Waals surface area contributed by atoms with Gasteiger partial charge in [0, 0.05) is 18.2 Å². The van der Waals surface area contributed by atoms with Crippen LogP contribution in [0.1, 0.15) is 79.7 Å². The molecule has 0 radical (unpaired) electrons. The maximum Gasteiger partial charge on any atom is 0.330 e. The Bertz CT molecular complexity index is 1850. The van der Waals surface area contributed by atoms with Crippen molar-refractivity contribution < 1.29 is 27.5 Å². The fourth-order valence-electron chi connectivity index (χ4n) is 5.44. The molecule has 4 rings (SSSR count). The van der Waals surface area contributed by atoms with Crippen molar-refractivity contribution in [1.29, 1.82) is 0 Å². The van der Waals surface area contributed by atoms with Crippen LogP contribution in [0.3, 0.4) is 0 Å². The van der Waals surface area contributed by atoms with Crippen molar-refractivity contribution in [3.05, 3.63) is 86.7 Å². The predicted octanol–water partition coefficient (Wildman–Crippen LogP) is 9.63. The number of H-pyrrole nitrogens is 1. The summed E-state index contributed by atoms with van der Waals surface area (Å²) < 4.78 is 41.1. The maximum atomic E-state index is 13.8. The molecule has 1 N–H and O–H groups in total. The Morgan fingerprint density at radius 3 is 1.80 bits per heavy atom. The highest BCUT2D eigenvalue weighted by molar-refractivity contribution is 6.75. The number of aromatic amines is 1. The van der Waals surface area contributed by atoms with Crippen LogP contribution in [-0.2, 0) is 24.4 Å². The monoisotopic (exact) mass is 798 g/mol. The van der Waals surface area contributed by atoms with Gasteiger partial charge in [-0.25, -0.2) is 4.79 Å². The third kappa shape index (κ3) is 10.1. The Balaban J connectivity index is 1.78. The smallest absolute Gasteiger partial charge is 0.330 e. The molecule has 300 valence electrons. The summed E-state index contributed by atoms with van der Waals surface area (Å²) in [6, 6.07) is 14.9. The van der Waals surface area contributed by atoms with Crippen molar-refractivity contribution in [2.75, 3.05) is 13.7 Å². The quantitative estimate of drug-likeness (QED) is 0.170. The second kappa shape index (κ2) is 16.0. The van der Waals surface area contributed by atoms with E-state index >= 15 is 0 Å². The zero-order valence-electron chi connectivity index (χ0n) is 35.6. The highest BCUT2D eigenvalue weighted by atomic mass is 28.4. The molecule has 1 saturated heterocycles. The largest absolute Gasteiger partial charge is 0.497 e. The summed E-state index contributed by atoms with van der Waals surface area (Å²) in [5.74, 6) is 2.02. The predicted molar refractivity (Wildman–Crippen MR) is 225 cm³/mol. The highest BCUT2D eigenvalue weighted by Gasteiger charge is 2.55. The van der Waals surface area contributed by atoms with Gasteiger partial charge in [0.25, 0.3) is 5.56 Å². The van der Waals surface area contributed by atoms with Crippen molar-refractivity contribution >= 4 is 25.0 Å². The van der Waals surface area contributed by atoms with Gasteiger partial charge in [-0.2, -0.15) is 0 Å². The number of methoxy groups -OCH3 is 1. The van der Waals surface area contributed by atoms with E-state index in [2.05, 4.69) is 107 Å². The van der Waals surface area contributed by atoms with Gasteiger partial charge in [0.05, 0.1) is 13.7 Å². The van der Waals surface area contributed by atoms with Gasteiger partial charge >= 0.3 is 5.69 Å². The zero-order valence-corrected chi connectivity index (χ0v) is 38.6. The highest BCUT2D eigenvalue weighted by Crippen LogP contribution is 2.46. The minimum atomic E-state index is -2.46. The second-order valence-electron chi connectivity index (χ2n) is 19.2. The van der Waals surface area contributed by atoms with Crippen LogP contribution in [0.2, 0.25) is 54.4 Å².